The van der Waals surface area contributed by atoms with Crippen molar-refractivity contribution >= 4 is 0 Å². The summed E-state index contributed by atoms with van der Waals surface area (Å²) in [7, 11) is 2.01. The van der Waals surface area contributed by atoms with Crippen molar-refractivity contribution in [3.8, 4) is 0 Å². The lowest BCUT2D eigenvalue weighted by Gasteiger charge is -2.19. The Hall–Kier alpha value is -1.62. The van der Waals surface area contributed by atoms with Gasteiger partial charge in [0.25, 0.3) is 0 Å². The molecule has 0 spiro atoms. The van der Waals surface area contributed by atoms with Crippen molar-refractivity contribution < 1.29 is 0 Å². The molecular weight excluding hydrogens is 262 g/mol. The Morgan fingerprint density at radius 3 is 2.43 bits per heavy atom. The molecule has 21 heavy (non-hydrogen) atoms. The maximum Gasteiger partial charge on any atom is 0.0644 e. The monoisotopic (exact) mass is 289 g/mol. The fourth-order valence-electron chi connectivity index (χ4n) is 3.06. The number of aromatic nitrogens is 4. The van der Waals surface area contributed by atoms with Crippen LogP contribution in [0, 0.1) is 20.8 Å². The zero-order chi connectivity index (χ0) is 15.6. The first kappa shape index (κ1) is 15.8. The third kappa shape index (κ3) is 3.18. The highest BCUT2D eigenvalue weighted by Gasteiger charge is 2.21. The van der Waals surface area contributed by atoms with Crippen molar-refractivity contribution in [1.82, 2.24) is 24.9 Å². The molecule has 0 radical (unpaired) electrons. The highest BCUT2D eigenvalue weighted by molar-refractivity contribution is 5.29. The van der Waals surface area contributed by atoms with Crippen LogP contribution in [0.25, 0.3) is 0 Å². The molecule has 0 saturated carbocycles. The van der Waals surface area contributed by atoms with Crippen molar-refractivity contribution in [1.29, 1.82) is 0 Å². The molecule has 0 aliphatic heterocycles. The summed E-state index contributed by atoms with van der Waals surface area (Å²) in [5.41, 5.74) is 6.03. The summed E-state index contributed by atoms with van der Waals surface area (Å²) >= 11 is 0. The van der Waals surface area contributed by atoms with Crippen LogP contribution in [0.4, 0.5) is 0 Å². The van der Waals surface area contributed by atoms with E-state index in [1.807, 2.05) is 11.7 Å². The summed E-state index contributed by atoms with van der Waals surface area (Å²) in [6.07, 6.45) is 0.940. The van der Waals surface area contributed by atoms with E-state index in [2.05, 4.69) is 60.9 Å². The van der Waals surface area contributed by atoms with Crippen LogP contribution in [0.15, 0.2) is 6.07 Å². The Kier molecular flexibility index (Phi) is 4.83. The molecule has 0 bridgehead atoms. The minimum absolute atomic E-state index is 0.282. The number of aryl methyl sites for hydroxylation is 4. The third-order valence-corrected chi connectivity index (χ3v) is 4.06. The average Bonchev–Trinajstić information content (AvgIpc) is 2.90. The van der Waals surface area contributed by atoms with Gasteiger partial charge in [-0.3, -0.25) is 9.36 Å². The molecule has 116 valence electrons. The molecule has 0 aliphatic carbocycles. The summed E-state index contributed by atoms with van der Waals surface area (Å²) in [5.74, 6) is 0. The van der Waals surface area contributed by atoms with Crippen LogP contribution in [-0.4, -0.2) is 26.1 Å². The van der Waals surface area contributed by atoms with Gasteiger partial charge in [0, 0.05) is 43.0 Å². The van der Waals surface area contributed by atoms with Crippen molar-refractivity contribution in [3.63, 3.8) is 0 Å². The van der Waals surface area contributed by atoms with Gasteiger partial charge in [-0.25, -0.2) is 0 Å². The van der Waals surface area contributed by atoms with Gasteiger partial charge in [-0.2, -0.15) is 10.2 Å². The number of nitrogens with zero attached hydrogens (tertiary/aromatic N) is 4. The van der Waals surface area contributed by atoms with Crippen LogP contribution in [0.3, 0.4) is 0 Å². The van der Waals surface area contributed by atoms with Gasteiger partial charge < -0.3 is 5.32 Å². The third-order valence-electron chi connectivity index (χ3n) is 4.06. The van der Waals surface area contributed by atoms with E-state index in [-0.39, 0.29) is 6.04 Å². The summed E-state index contributed by atoms with van der Waals surface area (Å²) < 4.78 is 4.07. The van der Waals surface area contributed by atoms with Gasteiger partial charge in [-0.05, 0) is 40.3 Å². The lowest BCUT2D eigenvalue weighted by molar-refractivity contribution is 0.512. The van der Waals surface area contributed by atoms with E-state index in [9.17, 15) is 0 Å². The summed E-state index contributed by atoms with van der Waals surface area (Å²) in [5, 5.41) is 12.7. The van der Waals surface area contributed by atoms with Crippen LogP contribution < -0.4 is 5.32 Å². The van der Waals surface area contributed by atoms with E-state index in [0.29, 0.717) is 0 Å². The van der Waals surface area contributed by atoms with Gasteiger partial charge in [0.05, 0.1) is 11.4 Å². The second-order valence-corrected chi connectivity index (χ2v) is 5.62. The zero-order valence-electron chi connectivity index (χ0n) is 14.1. The van der Waals surface area contributed by atoms with Gasteiger partial charge in [0.1, 0.15) is 0 Å². The molecule has 1 N–H and O–H groups in total. The lowest BCUT2D eigenvalue weighted by Crippen LogP contribution is -2.25. The molecule has 0 fully saturated rings. The van der Waals surface area contributed by atoms with E-state index in [1.54, 1.807) is 0 Å². The Balaban J connectivity index is 2.35. The second kappa shape index (κ2) is 6.43. The van der Waals surface area contributed by atoms with Gasteiger partial charge in [-0.1, -0.05) is 6.92 Å². The first-order chi connectivity index (χ1) is 9.97. The van der Waals surface area contributed by atoms with E-state index in [1.165, 1.54) is 17.0 Å². The minimum atomic E-state index is 0.282. The standard InChI is InChI=1S/C16H27N5/c1-7-17-15(16-12(4)19-20(6)13(16)5)10-14-9-11(3)18-21(14)8-2/h9,15,17H,7-8,10H2,1-6H3. The van der Waals surface area contributed by atoms with E-state index >= 15 is 0 Å². The molecule has 5 heteroatoms. The van der Waals surface area contributed by atoms with Gasteiger partial charge >= 0.3 is 0 Å². The SMILES string of the molecule is CCNC(Cc1cc(C)nn1CC)c1c(C)nn(C)c1C. The number of likely N-dealkylation sites (N-methyl/N-ethyl adjacent to an activating group) is 1. The fraction of sp³-hybridized carbons (Fsp3) is 0.625. The normalized spacial score (nSPS) is 12.9. The van der Waals surface area contributed by atoms with Crippen LogP contribution in [-0.2, 0) is 20.0 Å². The molecule has 2 heterocycles. The summed E-state index contributed by atoms with van der Waals surface area (Å²) in [6, 6.07) is 2.47. The van der Waals surface area contributed by atoms with Gasteiger partial charge in [-0.15, -0.1) is 0 Å². The van der Waals surface area contributed by atoms with Crippen LogP contribution >= 0.6 is 0 Å². The maximum atomic E-state index is 4.56. The predicted octanol–water partition coefficient (Wildman–Crippen LogP) is 2.46. The Morgan fingerprint density at radius 2 is 1.90 bits per heavy atom. The highest BCUT2D eigenvalue weighted by atomic mass is 15.3. The van der Waals surface area contributed by atoms with E-state index in [4.69, 9.17) is 0 Å². The molecule has 1 unspecified atom stereocenters. The first-order valence-electron chi connectivity index (χ1n) is 7.74. The van der Waals surface area contributed by atoms with E-state index in [0.717, 1.165) is 30.9 Å². The van der Waals surface area contributed by atoms with Crippen molar-refractivity contribution in [3.05, 3.63) is 34.4 Å². The Morgan fingerprint density at radius 1 is 1.19 bits per heavy atom. The average molecular weight is 289 g/mol. The molecule has 5 nitrogen and oxygen atoms in total. The minimum Gasteiger partial charge on any atom is -0.310 e. The summed E-state index contributed by atoms with van der Waals surface area (Å²) in [4.78, 5) is 0. The highest BCUT2D eigenvalue weighted by Crippen LogP contribution is 2.25. The number of nitrogens with one attached hydrogen (secondary N) is 1. The quantitative estimate of drug-likeness (QED) is 0.888. The number of hydrogen-bond donors (Lipinski definition) is 1. The first-order valence-corrected chi connectivity index (χ1v) is 7.74. The van der Waals surface area contributed by atoms with Gasteiger partial charge in [0.15, 0.2) is 0 Å². The second-order valence-electron chi connectivity index (χ2n) is 5.62. The molecular formula is C16H27N5. The lowest BCUT2D eigenvalue weighted by atomic mass is 9.99. The predicted molar refractivity (Wildman–Crippen MR) is 85.4 cm³/mol. The summed E-state index contributed by atoms with van der Waals surface area (Å²) in [6.45, 7) is 12.4. The topological polar surface area (TPSA) is 47.7 Å². The Labute approximate surface area is 127 Å². The zero-order valence-corrected chi connectivity index (χ0v) is 14.1. The molecule has 2 aromatic heterocycles. The van der Waals surface area contributed by atoms with Crippen molar-refractivity contribution in [2.45, 2.75) is 53.6 Å². The Bertz CT molecular complexity index is 608. The smallest absolute Gasteiger partial charge is 0.0644 e. The molecule has 0 amide bonds. The molecule has 0 aromatic carbocycles. The molecule has 0 saturated heterocycles. The van der Waals surface area contributed by atoms with E-state index < -0.39 is 0 Å². The van der Waals surface area contributed by atoms with Crippen LogP contribution in [0.5, 0.6) is 0 Å². The van der Waals surface area contributed by atoms with Crippen LogP contribution in [0.1, 0.15) is 48.2 Å². The molecule has 2 rings (SSSR count). The number of hydrogen-bond acceptors (Lipinski definition) is 3. The molecule has 2 aromatic rings. The molecule has 0 aliphatic rings. The largest absolute Gasteiger partial charge is 0.310 e. The maximum absolute atomic E-state index is 4.56. The number of rotatable bonds is 6. The van der Waals surface area contributed by atoms with Crippen LogP contribution in [0.2, 0.25) is 0 Å². The molecule has 1 atom stereocenters. The fourth-order valence-corrected chi connectivity index (χ4v) is 3.06. The van der Waals surface area contributed by atoms with Crippen molar-refractivity contribution in [2.24, 2.45) is 7.05 Å². The van der Waals surface area contributed by atoms with Gasteiger partial charge in [0.2, 0.25) is 0 Å². The van der Waals surface area contributed by atoms with Crippen molar-refractivity contribution in [2.75, 3.05) is 6.54 Å².